The zero-order chi connectivity index (χ0) is 29.2. The third-order valence-corrected chi connectivity index (χ3v) is 7.74. The van der Waals surface area contributed by atoms with Crippen molar-refractivity contribution in [2.75, 3.05) is 31.7 Å². The summed E-state index contributed by atoms with van der Waals surface area (Å²) >= 11 is 6.43. The number of halogens is 2. The van der Waals surface area contributed by atoms with Crippen molar-refractivity contribution in [3.8, 4) is 22.8 Å². The van der Waals surface area contributed by atoms with E-state index in [-0.39, 0.29) is 35.6 Å². The van der Waals surface area contributed by atoms with E-state index < -0.39 is 11.4 Å². The lowest BCUT2D eigenvalue weighted by molar-refractivity contribution is 0.0109. The van der Waals surface area contributed by atoms with Gasteiger partial charge in [0.05, 0.1) is 23.9 Å². The molecule has 6 rings (SSSR count). The summed E-state index contributed by atoms with van der Waals surface area (Å²) in [7, 11) is 1.54. The van der Waals surface area contributed by atoms with Crippen molar-refractivity contribution in [2.45, 2.75) is 52.3 Å². The van der Waals surface area contributed by atoms with Crippen LogP contribution in [0.25, 0.3) is 32.8 Å². The Morgan fingerprint density at radius 1 is 1.17 bits per heavy atom. The molecule has 2 aliphatic rings. The lowest BCUT2D eigenvalue weighted by Crippen LogP contribution is -2.61. The maximum atomic E-state index is 16.6. The SMILES string of the molecule is COc1nccc2ccc(C)c(-c3cc4c5c(nc(Cl)nc5c3F)N3C[C@@H](C)N(C(=O)OC(C)(C)C)C[C@H]3CO4)c12. The molecule has 9 nitrogen and oxygen atoms in total. The lowest BCUT2D eigenvalue weighted by Gasteiger charge is -2.44. The monoisotopic (exact) mass is 579 g/mol. The van der Waals surface area contributed by atoms with E-state index in [4.69, 9.17) is 25.8 Å². The van der Waals surface area contributed by atoms with Crippen molar-refractivity contribution in [1.29, 1.82) is 0 Å². The number of aromatic nitrogens is 3. The van der Waals surface area contributed by atoms with Gasteiger partial charge in [-0.05, 0) is 69.3 Å². The standard InChI is InChI=1S/C30H31ClFN5O4/c1-15-7-8-17-9-10-33-27(39-6)22(17)21(15)19-11-20-23-25(24(19)32)34-28(31)35-26(23)37-12-16(2)36(13-18(37)14-40-20)29(38)41-30(3,4)5/h7-11,16,18H,12-14H2,1-6H3/t16-,18+/m1/s1. The van der Waals surface area contributed by atoms with Crippen molar-refractivity contribution in [3.05, 3.63) is 47.1 Å². The van der Waals surface area contributed by atoms with Gasteiger partial charge in [-0.1, -0.05) is 12.1 Å². The Morgan fingerprint density at radius 3 is 2.68 bits per heavy atom. The molecule has 1 amide bonds. The molecule has 0 radical (unpaired) electrons. The summed E-state index contributed by atoms with van der Waals surface area (Å²) in [4.78, 5) is 30.0. The number of piperazine rings is 1. The third kappa shape index (κ3) is 4.64. The van der Waals surface area contributed by atoms with Gasteiger partial charge in [0.25, 0.3) is 0 Å². The number of hydrogen-bond acceptors (Lipinski definition) is 8. The second kappa shape index (κ2) is 9.87. The topological polar surface area (TPSA) is 89.9 Å². The minimum absolute atomic E-state index is 0.0645. The molecule has 41 heavy (non-hydrogen) atoms. The van der Waals surface area contributed by atoms with Gasteiger partial charge >= 0.3 is 6.09 Å². The average molecular weight is 580 g/mol. The van der Waals surface area contributed by atoms with Crippen LogP contribution in [0.15, 0.2) is 30.5 Å². The highest BCUT2D eigenvalue weighted by Gasteiger charge is 2.40. The average Bonchev–Trinajstić information content (AvgIpc) is 3.05. The quantitative estimate of drug-likeness (QED) is 0.261. The molecule has 0 bridgehead atoms. The first-order valence-corrected chi connectivity index (χ1v) is 13.9. The summed E-state index contributed by atoms with van der Waals surface area (Å²) in [6, 6.07) is 6.97. The van der Waals surface area contributed by atoms with E-state index in [1.165, 1.54) is 0 Å². The summed E-state index contributed by atoms with van der Waals surface area (Å²) in [6.07, 6.45) is 1.27. The number of amides is 1. The molecule has 2 aromatic carbocycles. The molecule has 2 aromatic heterocycles. The number of methoxy groups -OCH3 is 1. The number of hydrogen-bond donors (Lipinski definition) is 0. The normalized spacial score (nSPS) is 18.6. The van der Waals surface area contributed by atoms with Crippen LogP contribution in [0.5, 0.6) is 11.6 Å². The number of ether oxygens (including phenoxy) is 3. The minimum Gasteiger partial charge on any atom is -0.490 e. The van der Waals surface area contributed by atoms with Crippen LogP contribution in [0.1, 0.15) is 33.3 Å². The predicted molar refractivity (Wildman–Crippen MR) is 156 cm³/mol. The zero-order valence-corrected chi connectivity index (χ0v) is 24.5. The molecule has 0 unspecified atom stereocenters. The Bertz CT molecular complexity index is 1710. The molecule has 0 spiro atoms. The second-order valence-electron chi connectivity index (χ2n) is 11.6. The zero-order valence-electron chi connectivity index (χ0n) is 23.8. The van der Waals surface area contributed by atoms with Crippen LogP contribution in [-0.4, -0.2) is 70.4 Å². The number of anilines is 1. The molecule has 0 saturated carbocycles. The van der Waals surface area contributed by atoms with Crippen molar-refractivity contribution >= 4 is 45.2 Å². The number of carbonyl (C=O) groups excluding carboxylic acids is 1. The van der Waals surface area contributed by atoms with Gasteiger partial charge in [-0.25, -0.2) is 19.2 Å². The first-order valence-electron chi connectivity index (χ1n) is 13.5. The summed E-state index contributed by atoms with van der Waals surface area (Å²) in [5, 5.41) is 1.91. The van der Waals surface area contributed by atoms with Crippen LogP contribution in [0.3, 0.4) is 0 Å². The molecule has 0 aliphatic carbocycles. The van der Waals surface area contributed by atoms with Crippen molar-refractivity contribution in [3.63, 3.8) is 0 Å². The molecule has 2 atom stereocenters. The first kappa shape index (κ1) is 27.3. The van der Waals surface area contributed by atoms with Gasteiger partial charge in [-0.15, -0.1) is 0 Å². The summed E-state index contributed by atoms with van der Waals surface area (Å²) < 4.78 is 34.2. The number of rotatable bonds is 2. The van der Waals surface area contributed by atoms with Gasteiger partial charge in [0.1, 0.15) is 29.3 Å². The maximum absolute atomic E-state index is 16.6. The van der Waals surface area contributed by atoms with Crippen LogP contribution < -0.4 is 14.4 Å². The molecule has 214 valence electrons. The molecular weight excluding hydrogens is 549 g/mol. The highest BCUT2D eigenvalue weighted by molar-refractivity contribution is 6.29. The summed E-state index contributed by atoms with van der Waals surface area (Å²) in [5.74, 6) is 0.765. The van der Waals surface area contributed by atoms with Gasteiger partial charge < -0.3 is 24.0 Å². The van der Waals surface area contributed by atoms with Crippen molar-refractivity contribution < 1.29 is 23.4 Å². The maximum Gasteiger partial charge on any atom is 0.410 e. The lowest BCUT2D eigenvalue weighted by atomic mass is 9.93. The largest absolute Gasteiger partial charge is 0.490 e. The van der Waals surface area contributed by atoms with E-state index in [0.29, 0.717) is 52.4 Å². The van der Waals surface area contributed by atoms with Gasteiger partial charge in [0.15, 0.2) is 5.82 Å². The van der Waals surface area contributed by atoms with Crippen LogP contribution in [-0.2, 0) is 4.74 Å². The fourth-order valence-electron chi connectivity index (χ4n) is 5.75. The van der Waals surface area contributed by atoms with E-state index in [1.54, 1.807) is 24.3 Å². The van der Waals surface area contributed by atoms with Gasteiger partial charge in [0, 0.05) is 36.5 Å². The van der Waals surface area contributed by atoms with Crippen LogP contribution in [0.4, 0.5) is 15.0 Å². The van der Waals surface area contributed by atoms with Crippen molar-refractivity contribution in [2.24, 2.45) is 0 Å². The van der Waals surface area contributed by atoms with Crippen LogP contribution in [0, 0.1) is 12.7 Å². The number of aryl methyl sites for hydroxylation is 1. The first-order chi connectivity index (χ1) is 19.5. The Morgan fingerprint density at radius 2 is 1.95 bits per heavy atom. The van der Waals surface area contributed by atoms with E-state index in [9.17, 15) is 4.79 Å². The number of benzene rings is 2. The molecule has 11 heteroatoms. The van der Waals surface area contributed by atoms with Gasteiger partial charge in [0.2, 0.25) is 11.2 Å². The molecule has 0 N–H and O–H groups in total. The number of pyridine rings is 1. The summed E-state index contributed by atoms with van der Waals surface area (Å²) in [6.45, 7) is 10.4. The third-order valence-electron chi connectivity index (χ3n) is 7.57. The Labute approximate surface area is 242 Å². The fourth-order valence-corrected chi connectivity index (χ4v) is 5.92. The Hall–Kier alpha value is -3.92. The van der Waals surface area contributed by atoms with E-state index >= 15 is 4.39 Å². The summed E-state index contributed by atoms with van der Waals surface area (Å²) in [5.41, 5.74) is 1.21. The van der Waals surface area contributed by atoms with E-state index in [2.05, 4.69) is 15.0 Å². The molecule has 2 aliphatic heterocycles. The highest BCUT2D eigenvalue weighted by Crippen LogP contribution is 2.45. The van der Waals surface area contributed by atoms with Crippen LogP contribution in [0.2, 0.25) is 5.28 Å². The van der Waals surface area contributed by atoms with E-state index in [1.807, 2.05) is 57.7 Å². The second-order valence-corrected chi connectivity index (χ2v) is 11.9. The Balaban J connectivity index is 1.51. The van der Waals surface area contributed by atoms with Crippen molar-refractivity contribution in [1.82, 2.24) is 19.9 Å². The molecule has 1 saturated heterocycles. The molecule has 4 aromatic rings. The van der Waals surface area contributed by atoms with Gasteiger partial charge in [-0.2, -0.15) is 4.98 Å². The predicted octanol–water partition coefficient (Wildman–Crippen LogP) is 6.16. The smallest absolute Gasteiger partial charge is 0.410 e. The number of fused-ring (bicyclic) bond motifs is 3. The highest BCUT2D eigenvalue weighted by atomic mass is 35.5. The number of carbonyl (C=O) groups is 1. The van der Waals surface area contributed by atoms with Gasteiger partial charge in [-0.3, -0.25) is 0 Å². The minimum atomic E-state index is -0.623. The molecular formula is C30H31ClFN5O4. The molecule has 1 fully saturated rings. The Kier molecular flexibility index (Phi) is 6.56. The fraction of sp³-hybridized carbons (Fsp3) is 0.400. The molecule has 4 heterocycles. The van der Waals surface area contributed by atoms with E-state index in [0.717, 1.165) is 10.9 Å². The number of nitrogens with zero attached hydrogens (tertiary/aromatic N) is 5. The van der Waals surface area contributed by atoms with Crippen LogP contribution >= 0.6 is 11.6 Å².